The Morgan fingerprint density at radius 2 is 1.93 bits per heavy atom. The lowest BCUT2D eigenvalue weighted by atomic mass is 9.99. The Hall–Kier alpha value is -2.49. The van der Waals surface area contributed by atoms with Crippen molar-refractivity contribution < 1.29 is 13.2 Å². The first-order valence-electron chi connectivity index (χ1n) is 8.54. The largest absolute Gasteiger partial charge is 0.434 e. The van der Waals surface area contributed by atoms with Crippen LogP contribution in [0, 0.1) is 6.92 Å². The summed E-state index contributed by atoms with van der Waals surface area (Å²) in [6, 6.07) is 5.59. The van der Waals surface area contributed by atoms with Crippen molar-refractivity contribution in [1.82, 2.24) is 25.0 Å². The van der Waals surface area contributed by atoms with Gasteiger partial charge in [-0.3, -0.25) is 0 Å². The molecule has 0 bridgehead atoms. The summed E-state index contributed by atoms with van der Waals surface area (Å²) < 4.78 is 40.0. The smallest absolute Gasteiger partial charge is 0.354 e. The Kier molecular flexibility index (Phi) is 4.58. The van der Waals surface area contributed by atoms with Crippen LogP contribution in [0.15, 0.2) is 29.8 Å². The van der Waals surface area contributed by atoms with E-state index in [1.54, 1.807) is 4.68 Å². The summed E-state index contributed by atoms with van der Waals surface area (Å²) in [5.74, 6) is 1.30. The fourth-order valence-corrected chi connectivity index (χ4v) is 4.10. The molecule has 4 heterocycles. The molecular formula is C17H17F3N6S. The highest BCUT2D eigenvalue weighted by atomic mass is 32.1. The number of nitrogens with zero attached hydrogens (tertiary/aromatic N) is 6. The Labute approximate surface area is 157 Å². The van der Waals surface area contributed by atoms with Gasteiger partial charge in [0.15, 0.2) is 17.3 Å². The molecule has 3 aromatic rings. The van der Waals surface area contributed by atoms with Crippen LogP contribution in [-0.2, 0) is 6.18 Å². The molecule has 1 aliphatic heterocycles. The van der Waals surface area contributed by atoms with Crippen LogP contribution in [0.1, 0.15) is 35.2 Å². The molecular weight excluding hydrogens is 377 g/mol. The SMILES string of the molecule is Cc1ccn(-c2ccc(N3CCCC(c4nc(C(F)(F)F)cs4)C3)nn2)n1. The number of hydrogen-bond acceptors (Lipinski definition) is 6. The summed E-state index contributed by atoms with van der Waals surface area (Å²) >= 11 is 1.08. The maximum absolute atomic E-state index is 12.8. The van der Waals surface area contributed by atoms with Crippen LogP contribution in [0.3, 0.4) is 0 Å². The zero-order valence-corrected chi connectivity index (χ0v) is 15.3. The Balaban J connectivity index is 1.49. The lowest BCUT2D eigenvalue weighted by Crippen LogP contribution is -2.35. The van der Waals surface area contributed by atoms with E-state index in [9.17, 15) is 13.2 Å². The van der Waals surface area contributed by atoms with E-state index < -0.39 is 11.9 Å². The second-order valence-electron chi connectivity index (χ2n) is 6.51. The first kappa shape index (κ1) is 17.9. The third kappa shape index (κ3) is 3.80. The minimum atomic E-state index is -4.39. The average Bonchev–Trinajstić information content (AvgIpc) is 3.31. The minimum absolute atomic E-state index is 0.0323. The molecule has 1 unspecified atom stereocenters. The Morgan fingerprint density at radius 1 is 1.15 bits per heavy atom. The molecule has 1 saturated heterocycles. The lowest BCUT2D eigenvalue weighted by Gasteiger charge is -2.32. The summed E-state index contributed by atoms with van der Waals surface area (Å²) in [5, 5.41) is 14.4. The van der Waals surface area contributed by atoms with Crippen LogP contribution in [0.25, 0.3) is 5.82 Å². The molecule has 0 aromatic carbocycles. The number of hydrogen-bond donors (Lipinski definition) is 0. The minimum Gasteiger partial charge on any atom is -0.354 e. The van der Waals surface area contributed by atoms with Crippen molar-refractivity contribution >= 4 is 17.2 Å². The molecule has 1 fully saturated rings. The van der Waals surface area contributed by atoms with E-state index in [1.807, 2.05) is 36.2 Å². The van der Waals surface area contributed by atoms with Crippen LogP contribution < -0.4 is 4.90 Å². The first-order chi connectivity index (χ1) is 12.9. The van der Waals surface area contributed by atoms with E-state index in [0.717, 1.165) is 41.8 Å². The first-order valence-corrected chi connectivity index (χ1v) is 9.42. The molecule has 1 aliphatic rings. The van der Waals surface area contributed by atoms with E-state index in [0.29, 0.717) is 23.2 Å². The number of halogens is 3. The van der Waals surface area contributed by atoms with Gasteiger partial charge in [-0.2, -0.15) is 18.3 Å². The van der Waals surface area contributed by atoms with Gasteiger partial charge in [0.25, 0.3) is 0 Å². The van der Waals surface area contributed by atoms with Gasteiger partial charge in [0.05, 0.1) is 10.7 Å². The van der Waals surface area contributed by atoms with Crippen molar-refractivity contribution in [2.45, 2.75) is 31.9 Å². The lowest BCUT2D eigenvalue weighted by molar-refractivity contribution is -0.140. The molecule has 0 amide bonds. The van der Waals surface area contributed by atoms with Crippen molar-refractivity contribution in [1.29, 1.82) is 0 Å². The summed E-state index contributed by atoms with van der Waals surface area (Å²) in [7, 11) is 0. The van der Waals surface area contributed by atoms with Crippen LogP contribution in [0.5, 0.6) is 0 Å². The van der Waals surface area contributed by atoms with Crippen LogP contribution in [-0.4, -0.2) is 38.1 Å². The summed E-state index contributed by atoms with van der Waals surface area (Å²) in [6.07, 6.45) is -0.890. The highest BCUT2D eigenvalue weighted by Crippen LogP contribution is 2.35. The Morgan fingerprint density at radius 3 is 2.56 bits per heavy atom. The van der Waals surface area contributed by atoms with Gasteiger partial charge in [-0.1, -0.05) is 0 Å². The number of aromatic nitrogens is 5. The van der Waals surface area contributed by atoms with Gasteiger partial charge in [0.2, 0.25) is 0 Å². The monoisotopic (exact) mass is 394 g/mol. The van der Waals surface area contributed by atoms with Gasteiger partial charge in [-0.05, 0) is 38.0 Å². The predicted octanol–water partition coefficient (Wildman–Crippen LogP) is 3.83. The zero-order valence-electron chi connectivity index (χ0n) is 14.5. The Bertz CT molecular complexity index is 917. The van der Waals surface area contributed by atoms with Crippen molar-refractivity contribution in [2.75, 3.05) is 18.0 Å². The zero-order chi connectivity index (χ0) is 19.0. The highest BCUT2D eigenvalue weighted by molar-refractivity contribution is 7.09. The van der Waals surface area contributed by atoms with Crippen molar-refractivity contribution in [3.05, 3.63) is 46.2 Å². The van der Waals surface area contributed by atoms with E-state index in [1.165, 1.54) is 0 Å². The summed E-state index contributed by atoms with van der Waals surface area (Å²) in [5.41, 5.74) is 0.0831. The van der Waals surface area contributed by atoms with Gasteiger partial charge in [-0.25, -0.2) is 9.67 Å². The highest BCUT2D eigenvalue weighted by Gasteiger charge is 2.35. The number of rotatable bonds is 3. The average molecular weight is 394 g/mol. The number of anilines is 1. The van der Waals surface area contributed by atoms with Crippen LogP contribution >= 0.6 is 11.3 Å². The quantitative estimate of drug-likeness (QED) is 0.676. The second-order valence-corrected chi connectivity index (χ2v) is 7.40. The molecule has 142 valence electrons. The fourth-order valence-electron chi connectivity index (χ4n) is 3.14. The van der Waals surface area contributed by atoms with Crippen molar-refractivity contribution in [2.24, 2.45) is 0 Å². The standard InChI is InChI=1S/C17H17F3N6S/c1-11-6-8-26(24-11)15-5-4-14(22-23-15)25-7-2-3-12(9-25)16-21-13(10-27-16)17(18,19)20/h4-6,8,10,12H,2-3,7,9H2,1H3. The van der Waals surface area contributed by atoms with Crippen molar-refractivity contribution in [3.63, 3.8) is 0 Å². The van der Waals surface area contributed by atoms with E-state index >= 15 is 0 Å². The molecule has 0 spiro atoms. The molecule has 0 N–H and O–H groups in total. The maximum atomic E-state index is 12.8. The fraction of sp³-hybridized carbons (Fsp3) is 0.412. The third-order valence-corrected chi connectivity index (χ3v) is 5.51. The van der Waals surface area contributed by atoms with Gasteiger partial charge >= 0.3 is 6.18 Å². The predicted molar refractivity (Wildman–Crippen MR) is 95.2 cm³/mol. The van der Waals surface area contributed by atoms with Crippen molar-refractivity contribution in [3.8, 4) is 5.82 Å². The molecule has 3 aromatic heterocycles. The number of piperidine rings is 1. The molecule has 0 radical (unpaired) electrons. The topological polar surface area (TPSA) is 59.7 Å². The third-order valence-electron chi connectivity index (χ3n) is 4.50. The van der Waals surface area contributed by atoms with Gasteiger partial charge in [0.1, 0.15) is 0 Å². The number of aryl methyl sites for hydroxylation is 1. The summed E-state index contributed by atoms with van der Waals surface area (Å²) in [4.78, 5) is 5.86. The van der Waals surface area contributed by atoms with Gasteiger partial charge in [0, 0.05) is 30.6 Å². The molecule has 6 nitrogen and oxygen atoms in total. The molecule has 4 rings (SSSR count). The summed E-state index contributed by atoms with van der Waals surface area (Å²) in [6.45, 7) is 3.28. The van der Waals surface area contributed by atoms with E-state index in [2.05, 4.69) is 20.3 Å². The van der Waals surface area contributed by atoms with Crippen LogP contribution in [0.4, 0.5) is 19.0 Å². The molecule has 10 heteroatoms. The molecule has 27 heavy (non-hydrogen) atoms. The second kappa shape index (κ2) is 6.91. The normalized spacial score (nSPS) is 18.1. The van der Waals surface area contributed by atoms with Gasteiger partial charge < -0.3 is 4.90 Å². The van der Waals surface area contributed by atoms with E-state index in [-0.39, 0.29) is 5.92 Å². The molecule has 1 atom stereocenters. The molecule has 0 saturated carbocycles. The number of thiazole rings is 1. The van der Waals surface area contributed by atoms with E-state index in [4.69, 9.17) is 0 Å². The van der Waals surface area contributed by atoms with Gasteiger partial charge in [-0.15, -0.1) is 21.5 Å². The van der Waals surface area contributed by atoms with Crippen LogP contribution in [0.2, 0.25) is 0 Å². The number of alkyl halides is 3. The molecule has 0 aliphatic carbocycles. The maximum Gasteiger partial charge on any atom is 0.434 e.